The van der Waals surface area contributed by atoms with Crippen molar-refractivity contribution in [3.05, 3.63) is 42.7 Å². The number of aromatic nitrogens is 2. The zero-order chi connectivity index (χ0) is 14.4. The van der Waals surface area contributed by atoms with E-state index in [1.54, 1.807) is 24.3 Å². The van der Waals surface area contributed by atoms with Gasteiger partial charge in [-0.2, -0.15) is 5.10 Å². The van der Waals surface area contributed by atoms with Crippen LogP contribution in [-0.4, -0.2) is 28.3 Å². The molecule has 0 aliphatic heterocycles. The van der Waals surface area contributed by atoms with Gasteiger partial charge in [-0.3, -0.25) is 14.3 Å². The number of carbonyl (C=O) groups is 2. The molecule has 2 aromatic rings. The van der Waals surface area contributed by atoms with E-state index in [-0.39, 0.29) is 13.2 Å². The number of hydrogen-bond donors (Lipinski definition) is 2. The molecule has 1 amide bonds. The Morgan fingerprint density at radius 3 is 2.70 bits per heavy atom. The molecule has 2 rings (SSSR count). The number of nitrogen functional groups attached to an aromatic ring is 1. The fourth-order valence-corrected chi connectivity index (χ4v) is 1.51. The fraction of sp³-hybridized carbons (Fsp3) is 0.154. The summed E-state index contributed by atoms with van der Waals surface area (Å²) in [7, 11) is 0. The van der Waals surface area contributed by atoms with Crippen molar-refractivity contribution >= 4 is 23.3 Å². The summed E-state index contributed by atoms with van der Waals surface area (Å²) >= 11 is 0. The average molecular weight is 274 g/mol. The van der Waals surface area contributed by atoms with Crippen molar-refractivity contribution in [2.75, 3.05) is 17.7 Å². The molecule has 0 radical (unpaired) electrons. The molecule has 0 aliphatic carbocycles. The third-order valence-corrected chi connectivity index (χ3v) is 2.37. The molecule has 0 bridgehead atoms. The molecule has 20 heavy (non-hydrogen) atoms. The van der Waals surface area contributed by atoms with Gasteiger partial charge in [-0.15, -0.1) is 0 Å². The second-order valence-electron chi connectivity index (χ2n) is 4.05. The minimum absolute atomic E-state index is 0.0875. The van der Waals surface area contributed by atoms with Crippen molar-refractivity contribution in [2.24, 2.45) is 0 Å². The van der Waals surface area contributed by atoms with Crippen LogP contribution in [0.4, 0.5) is 11.4 Å². The summed E-state index contributed by atoms with van der Waals surface area (Å²) < 4.78 is 6.18. The molecule has 0 fully saturated rings. The van der Waals surface area contributed by atoms with Gasteiger partial charge in [0.05, 0.1) is 11.9 Å². The number of rotatable bonds is 5. The highest BCUT2D eigenvalue weighted by atomic mass is 16.5. The standard InChI is InChI=1S/C13H14N4O3/c14-10-6-15-17(7-10)8-13(19)20-9-12(18)16-11-4-2-1-3-5-11/h1-7H,8-9,14H2,(H,16,18). The molecule has 0 saturated carbocycles. The summed E-state index contributed by atoms with van der Waals surface area (Å²) in [5, 5.41) is 6.45. The molecule has 104 valence electrons. The normalized spacial score (nSPS) is 10.0. The molecular formula is C13H14N4O3. The topological polar surface area (TPSA) is 99.2 Å². The first-order valence-electron chi connectivity index (χ1n) is 5.92. The van der Waals surface area contributed by atoms with Crippen LogP contribution in [0.2, 0.25) is 0 Å². The lowest BCUT2D eigenvalue weighted by Gasteiger charge is -2.06. The quantitative estimate of drug-likeness (QED) is 0.780. The largest absolute Gasteiger partial charge is 0.454 e. The van der Waals surface area contributed by atoms with E-state index in [1.165, 1.54) is 17.1 Å². The Morgan fingerprint density at radius 2 is 2.05 bits per heavy atom. The van der Waals surface area contributed by atoms with Gasteiger partial charge in [-0.1, -0.05) is 18.2 Å². The first-order chi connectivity index (χ1) is 9.63. The number of benzene rings is 1. The maximum Gasteiger partial charge on any atom is 0.328 e. The van der Waals surface area contributed by atoms with Crippen molar-refractivity contribution in [1.82, 2.24) is 9.78 Å². The molecule has 1 aromatic heterocycles. The molecular weight excluding hydrogens is 260 g/mol. The Balaban J connectivity index is 1.74. The number of para-hydroxylation sites is 1. The summed E-state index contributed by atoms with van der Waals surface area (Å²) in [6, 6.07) is 8.91. The minimum Gasteiger partial charge on any atom is -0.454 e. The number of nitrogens with one attached hydrogen (secondary N) is 1. The van der Waals surface area contributed by atoms with Gasteiger partial charge in [0.2, 0.25) is 0 Å². The smallest absolute Gasteiger partial charge is 0.328 e. The molecule has 0 saturated heterocycles. The second kappa shape index (κ2) is 6.37. The van der Waals surface area contributed by atoms with Gasteiger partial charge in [0.1, 0.15) is 6.54 Å². The first kappa shape index (κ1) is 13.6. The van der Waals surface area contributed by atoms with E-state index >= 15 is 0 Å². The number of anilines is 2. The predicted molar refractivity (Wildman–Crippen MR) is 72.7 cm³/mol. The Labute approximate surface area is 115 Å². The monoisotopic (exact) mass is 274 g/mol. The molecule has 0 aliphatic rings. The van der Waals surface area contributed by atoms with Crippen molar-refractivity contribution in [2.45, 2.75) is 6.54 Å². The van der Waals surface area contributed by atoms with E-state index in [4.69, 9.17) is 10.5 Å². The van der Waals surface area contributed by atoms with Gasteiger partial charge in [-0.05, 0) is 12.1 Å². The van der Waals surface area contributed by atoms with Gasteiger partial charge >= 0.3 is 5.97 Å². The highest BCUT2D eigenvalue weighted by Gasteiger charge is 2.09. The van der Waals surface area contributed by atoms with Crippen LogP contribution >= 0.6 is 0 Å². The first-order valence-corrected chi connectivity index (χ1v) is 5.92. The van der Waals surface area contributed by atoms with Gasteiger partial charge in [0.25, 0.3) is 5.91 Å². The van der Waals surface area contributed by atoms with Gasteiger partial charge in [0.15, 0.2) is 6.61 Å². The van der Waals surface area contributed by atoms with Crippen LogP contribution in [0.5, 0.6) is 0 Å². The second-order valence-corrected chi connectivity index (χ2v) is 4.05. The van der Waals surface area contributed by atoms with E-state index in [0.29, 0.717) is 11.4 Å². The molecule has 0 atom stereocenters. The van der Waals surface area contributed by atoms with Crippen LogP contribution in [0, 0.1) is 0 Å². The number of amides is 1. The molecule has 7 heteroatoms. The lowest BCUT2D eigenvalue weighted by atomic mass is 10.3. The Hall–Kier alpha value is -2.83. The number of hydrogen-bond acceptors (Lipinski definition) is 5. The van der Waals surface area contributed by atoms with E-state index in [9.17, 15) is 9.59 Å². The van der Waals surface area contributed by atoms with E-state index in [0.717, 1.165) is 0 Å². The third-order valence-electron chi connectivity index (χ3n) is 2.37. The molecule has 3 N–H and O–H groups in total. The molecule has 1 heterocycles. The van der Waals surface area contributed by atoms with Crippen LogP contribution in [-0.2, 0) is 20.9 Å². The fourth-order valence-electron chi connectivity index (χ4n) is 1.51. The number of ether oxygens (including phenoxy) is 1. The highest BCUT2D eigenvalue weighted by Crippen LogP contribution is 2.04. The van der Waals surface area contributed by atoms with Crippen molar-refractivity contribution < 1.29 is 14.3 Å². The van der Waals surface area contributed by atoms with Gasteiger partial charge in [-0.25, -0.2) is 0 Å². The van der Waals surface area contributed by atoms with Gasteiger partial charge in [0, 0.05) is 11.9 Å². The Morgan fingerprint density at radius 1 is 1.30 bits per heavy atom. The molecule has 1 aromatic carbocycles. The molecule has 0 spiro atoms. The maximum absolute atomic E-state index is 11.5. The summed E-state index contributed by atoms with van der Waals surface area (Å²) in [5.41, 5.74) is 6.57. The lowest BCUT2D eigenvalue weighted by Crippen LogP contribution is -2.23. The number of carbonyl (C=O) groups excluding carboxylic acids is 2. The van der Waals surface area contributed by atoms with Crippen molar-refractivity contribution in [3.63, 3.8) is 0 Å². The number of nitrogens with two attached hydrogens (primary N) is 1. The zero-order valence-electron chi connectivity index (χ0n) is 10.7. The van der Waals surface area contributed by atoms with E-state index in [1.807, 2.05) is 6.07 Å². The average Bonchev–Trinajstić information content (AvgIpc) is 2.83. The van der Waals surface area contributed by atoms with Crippen LogP contribution < -0.4 is 11.1 Å². The minimum atomic E-state index is -0.559. The Bertz CT molecular complexity index is 595. The lowest BCUT2D eigenvalue weighted by molar-refractivity contribution is -0.148. The number of esters is 1. The van der Waals surface area contributed by atoms with Crippen LogP contribution in [0.1, 0.15) is 0 Å². The highest BCUT2D eigenvalue weighted by molar-refractivity contribution is 5.92. The molecule has 0 unspecified atom stereocenters. The van der Waals surface area contributed by atoms with Crippen LogP contribution in [0.25, 0.3) is 0 Å². The Kier molecular flexibility index (Phi) is 4.33. The van der Waals surface area contributed by atoms with Crippen LogP contribution in [0.15, 0.2) is 42.7 Å². The zero-order valence-corrected chi connectivity index (χ0v) is 10.7. The maximum atomic E-state index is 11.5. The van der Waals surface area contributed by atoms with E-state index in [2.05, 4.69) is 10.4 Å². The number of nitrogens with zero attached hydrogens (tertiary/aromatic N) is 2. The summed E-state index contributed by atoms with van der Waals surface area (Å²) in [6.45, 7) is -0.430. The predicted octanol–water partition coefficient (Wildman–Crippen LogP) is 0.647. The molecule has 7 nitrogen and oxygen atoms in total. The third kappa shape index (κ3) is 4.13. The van der Waals surface area contributed by atoms with Crippen molar-refractivity contribution in [1.29, 1.82) is 0 Å². The summed E-state index contributed by atoms with van der Waals surface area (Å²) in [4.78, 5) is 23.0. The van der Waals surface area contributed by atoms with Crippen molar-refractivity contribution in [3.8, 4) is 0 Å². The summed E-state index contributed by atoms with van der Waals surface area (Å²) in [6.07, 6.45) is 2.93. The van der Waals surface area contributed by atoms with Crippen LogP contribution in [0.3, 0.4) is 0 Å². The summed E-state index contributed by atoms with van der Waals surface area (Å²) in [5.74, 6) is -0.958. The SMILES string of the molecule is Nc1cnn(CC(=O)OCC(=O)Nc2ccccc2)c1. The van der Waals surface area contributed by atoms with Gasteiger partial charge < -0.3 is 15.8 Å². The van der Waals surface area contributed by atoms with E-state index < -0.39 is 11.9 Å².